The van der Waals surface area contributed by atoms with E-state index in [1.54, 1.807) is 13.8 Å². The monoisotopic (exact) mass is 327 g/mol. The summed E-state index contributed by atoms with van der Waals surface area (Å²) < 4.78 is 5.77. The lowest BCUT2D eigenvalue weighted by Crippen LogP contribution is -2.23. The molecule has 0 radical (unpaired) electrons. The number of carboxylic acids is 1. The van der Waals surface area contributed by atoms with Crippen molar-refractivity contribution >= 4 is 5.97 Å². The number of aromatic nitrogens is 1. The molecule has 0 amide bonds. The first-order valence-corrected chi connectivity index (χ1v) is 8.29. The van der Waals surface area contributed by atoms with Crippen molar-refractivity contribution in [3.63, 3.8) is 0 Å². The summed E-state index contributed by atoms with van der Waals surface area (Å²) in [5, 5.41) is 9.10. The number of hydrogen-bond acceptors (Lipinski definition) is 3. The van der Waals surface area contributed by atoms with Crippen molar-refractivity contribution in [1.82, 2.24) is 4.98 Å². The minimum atomic E-state index is -0.753. The number of nitrogens with zero attached hydrogens (tertiary/aromatic N) is 1. The molecule has 1 heterocycles. The number of carbonyl (C=O) groups is 1. The number of aliphatic carboxylic acids is 1. The maximum absolute atomic E-state index is 11.1. The van der Waals surface area contributed by atoms with Gasteiger partial charge in [0.2, 0.25) is 5.88 Å². The lowest BCUT2D eigenvalue weighted by Gasteiger charge is -2.18. The van der Waals surface area contributed by atoms with Crippen LogP contribution in [0.5, 0.6) is 5.88 Å². The van der Waals surface area contributed by atoms with E-state index in [0.29, 0.717) is 18.9 Å². The number of ether oxygens (including phenoxy) is 1. The van der Waals surface area contributed by atoms with Crippen LogP contribution in [-0.2, 0) is 4.79 Å². The van der Waals surface area contributed by atoms with Crippen LogP contribution in [0, 0.1) is 12.3 Å². The van der Waals surface area contributed by atoms with Gasteiger partial charge in [-0.1, -0.05) is 30.3 Å². The summed E-state index contributed by atoms with van der Waals surface area (Å²) in [7, 11) is 0. The zero-order valence-corrected chi connectivity index (χ0v) is 14.6. The number of benzene rings is 1. The fraction of sp³-hybridized carbons (Fsp3) is 0.400. The smallest absolute Gasteiger partial charge is 0.309 e. The number of aryl methyl sites for hydroxylation is 1. The molecule has 0 bridgehead atoms. The molecule has 0 saturated carbocycles. The minimum Gasteiger partial charge on any atom is -0.481 e. The van der Waals surface area contributed by atoms with Crippen molar-refractivity contribution in [2.45, 2.75) is 40.0 Å². The van der Waals surface area contributed by atoms with Crippen LogP contribution in [0.3, 0.4) is 0 Å². The van der Waals surface area contributed by atoms with Gasteiger partial charge in [-0.3, -0.25) is 4.79 Å². The fourth-order valence-electron chi connectivity index (χ4n) is 2.46. The third-order valence-electron chi connectivity index (χ3n) is 4.06. The van der Waals surface area contributed by atoms with E-state index in [1.165, 1.54) is 0 Å². The molecule has 1 aromatic heterocycles. The first-order chi connectivity index (χ1) is 11.4. The van der Waals surface area contributed by atoms with Crippen molar-refractivity contribution in [2.75, 3.05) is 6.61 Å². The van der Waals surface area contributed by atoms with Crippen molar-refractivity contribution in [3.8, 4) is 17.0 Å². The Morgan fingerprint density at radius 2 is 1.83 bits per heavy atom. The van der Waals surface area contributed by atoms with E-state index in [0.717, 1.165) is 29.7 Å². The molecule has 0 aliphatic carbocycles. The Hall–Kier alpha value is -2.36. The van der Waals surface area contributed by atoms with Gasteiger partial charge in [-0.25, -0.2) is 4.98 Å². The lowest BCUT2D eigenvalue weighted by molar-refractivity contribution is -0.147. The SMILES string of the molecule is Cc1cc(-c2ccccc2)cc(OCCCCC(C)(C)C(=O)O)n1. The maximum atomic E-state index is 11.1. The van der Waals surface area contributed by atoms with Crippen molar-refractivity contribution in [3.05, 3.63) is 48.2 Å². The van der Waals surface area contributed by atoms with E-state index in [4.69, 9.17) is 9.84 Å². The molecule has 24 heavy (non-hydrogen) atoms. The fourth-order valence-corrected chi connectivity index (χ4v) is 2.46. The predicted octanol–water partition coefficient (Wildman–Crippen LogP) is 4.72. The van der Waals surface area contributed by atoms with E-state index >= 15 is 0 Å². The minimum absolute atomic E-state index is 0.542. The molecular weight excluding hydrogens is 302 g/mol. The van der Waals surface area contributed by atoms with Gasteiger partial charge in [0.05, 0.1) is 12.0 Å². The summed E-state index contributed by atoms with van der Waals surface area (Å²) in [6.45, 7) is 6.00. The molecular formula is C20H25NO3. The van der Waals surface area contributed by atoms with Crippen LogP contribution in [0.15, 0.2) is 42.5 Å². The van der Waals surface area contributed by atoms with Crippen LogP contribution in [0.2, 0.25) is 0 Å². The van der Waals surface area contributed by atoms with E-state index in [-0.39, 0.29) is 0 Å². The Kier molecular flexibility index (Phi) is 5.96. The van der Waals surface area contributed by atoms with Gasteiger partial charge in [-0.2, -0.15) is 0 Å². The highest BCUT2D eigenvalue weighted by Crippen LogP contribution is 2.25. The second-order valence-electron chi connectivity index (χ2n) is 6.70. The topological polar surface area (TPSA) is 59.4 Å². The lowest BCUT2D eigenvalue weighted by atomic mass is 9.87. The molecule has 128 valence electrons. The number of hydrogen-bond donors (Lipinski definition) is 1. The van der Waals surface area contributed by atoms with Crippen LogP contribution < -0.4 is 4.74 Å². The van der Waals surface area contributed by atoms with Gasteiger partial charge in [0.1, 0.15) is 0 Å². The second-order valence-corrected chi connectivity index (χ2v) is 6.70. The Labute approximate surface area is 143 Å². The van der Waals surface area contributed by atoms with Crippen LogP contribution in [0.4, 0.5) is 0 Å². The largest absolute Gasteiger partial charge is 0.481 e. The quantitative estimate of drug-likeness (QED) is 0.713. The zero-order valence-electron chi connectivity index (χ0n) is 14.6. The van der Waals surface area contributed by atoms with Crippen molar-refractivity contribution < 1.29 is 14.6 Å². The summed E-state index contributed by atoms with van der Waals surface area (Å²) >= 11 is 0. The first kappa shape index (κ1) is 18.0. The second kappa shape index (κ2) is 7.95. The van der Waals surface area contributed by atoms with Gasteiger partial charge in [0.15, 0.2) is 0 Å². The van der Waals surface area contributed by atoms with Crippen molar-refractivity contribution in [2.24, 2.45) is 5.41 Å². The van der Waals surface area contributed by atoms with Gasteiger partial charge in [-0.15, -0.1) is 0 Å². The number of pyridine rings is 1. The van der Waals surface area contributed by atoms with Gasteiger partial charge >= 0.3 is 5.97 Å². The Morgan fingerprint density at radius 3 is 2.50 bits per heavy atom. The molecule has 0 unspecified atom stereocenters. The molecule has 0 atom stereocenters. The molecule has 2 rings (SSSR count). The average Bonchev–Trinajstić information content (AvgIpc) is 2.54. The molecule has 2 aromatic rings. The molecule has 1 aromatic carbocycles. The number of unbranched alkanes of at least 4 members (excludes halogenated alkanes) is 1. The zero-order chi connectivity index (χ0) is 17.6. The molecule has 0 aliphatic heterocycles. The van der Waals surface area contributed by atoms with E-state index < -0.39 is 11.4 Å². The summed E-state index contributed by atoms with van der Waals surface area (Å²) in [5.41, 5.74) is 2.46. The predicted molar refractivity (Wildman–Crippen MR) is 95.2 cm³/mol. The molecule has 4 heteroatoms. The number of rotatable bonds is 8. The molecule has 4 nitrogen and oxygen atoms in total. The van der Waals surface area contributed by atoms with Gasteiger partial charge in [0, 0.05) is 11.8 Å². The standard InChI is InChI=1S/C20H25NO3/c1-15-13-17(16-9-5-4-6-10-16)14-18(21-15)24-12-8-7-11-20(2,3)19(22)23/h4-6,9-10,13-14H,7-8,11-12H2,1-3H3,(H,22,23). The average molecular weight is 327 g/mol. The maximum Gasteiger partial charge on any atom is 0.309 e. The molecule has 1 N–H and O–H groups in total. The third kappa shape index (κ3) is 5.08. The Bertz CT molecular complexity index is 681. The Morgan fingerprint density at radius 1 is 1.12 bits per heavy atom. The summed E-state index contributed by atoms with van der Waals surface area (Å²) in [6, 6.07) is 14.1. The highest BCUT2D eigenvalue weighted by atomic mass is 16.5. The number of carboxylic acid groups (broad SMARTS) is 1. The molecule has 0 aliphatic rings. The highest BCUT2D eigenvalue weighted by molar-refractivity contribution is 5.73. The molecule has 0 saturated heterocycles. The van der Waals surface area contributed by atoms with Crippen LogP contribution in [0.25, 0.3) is 11.1 Å². The van der Waals surface area contributed by atoms with E-state index in [9.17, 15) is 4.79 Å². The third-order valence-corrected chi connectivity index (χ3v) is 4.06. The first-order valence-electron chi connectivity index (χ1n) is 8.29. The van der Waals surface area contributed by atoms with Crippen molar-refractivity contribution in [1.29, 1.82) is 0 Å². The van der Waals surface area contributed by atoms with Gasteiger partial charge < -0.3 is 9.84 Å². The highest BCUT2D eigenvalue weighted by Gasteiger charge is 2.25. The molecule has 0 fully saturated rings. The van der Waals surface area contributed by atoms with Gasteiger partial charge in [0.25, 0.3) is 0 Å². The molecule has 0 spiro atoms. The normalized spacial score (nSPS) is 11.3. The van der Waals surface area contributed by atoms with E-state index in [1.807, 2.05) is 37.3 Å². The Balaban J connectivity index is 1.90. The van der Waals surface area contributed by atoms with Crippen LogP contribution >= 0.6 is 0 Å². The summed E-state index contributed by atoms with van der Waals surface area (Å²) in [6.07, 6.45) is 2.27. The summed E-state index contributed by atoms with van der Waals surface area (Å²) in [5.74, 6) is -0.136. The van der Waals surface area contributed by atoms with Crippen LogP contribution in [0.1, 0.15) is 38.8 Å². The van der Waals surface area contributed by atoms with Gasteiger partial charge in [-0.05, 0) is 57.2 Å². The van der Waals surface area contributed by atoms with E-state index in [2.05, 4.69) is 17.1 Å². The van der Waals surface area contributed by atoms with Crippen LogP contribution in [-0.4, -0.2) is 22.7 Å². The summed E-state index contributed by atoms with van der Waals surface area (Å²) in [4.78, 5) is 15.5.